The monoisotopic (exact) mass is 259 g/mol. The first-order valence-corrected chi connectivity index (χ1v) is 7.37. The maximum Gasteiger partial charge on any atom is 0.154 e. The van der Waals surface area contributed by atoms with Gasteiger partial charge in [-0.3, -0.25) is 5.32 Å². The number of hydrogen-bond donors (Lipinski definition) is 1. The maximum absolute atomic E-state index is 5.84. The summed E-state index contributed by atoms with van der Waals surface area (Å²) in [5, 5.41) is 6.09. The van der Waals surface area contributed by atoms with Crippen molar-refractivity contribution in [3.8, 4) is 0 Å². The molecule has 2 aromatic carbocycles. The highest BCUT2D eigenvalue weighted by Gasteiger charge is 2.35. The minimum atomic E-state index is -0.343. The summed E-state index contributed by atoms with van der Waals surface area (Å²) in [5.74, 6) is 2.10. The Balaban J connectivity index is 2.17. The Morgan fingerprint density at radius 3 is 2.78 bits per heavy atom. The molecular weight excluding hydrogens is 242 g/mol. The molecule has 1 aliphatic heterocycles. The van der Waals surface area contributed by atoms with E-state index >= 15 is 0 Å². The molecule has 0 saturated carbocycles. The van der Waals surface area contributed by atoms with Crippen LogP contribution >= 0.6 is 11.8 Å². The number of thioether (sulfide) groups is 1. The fourth-order valence-electron chi connectivity index (χ4n) is 2.58. The van der Waals surface area contributed by atoms with E-state index in [1.807, 2.05) is 11.8 Å². The van der Waals surface area contributed by atoms with Gasteiger partial charge < -0.3 is 4.74 Å². The normalized spacial score (nSPS) is 24.3. The number of fused-ring (bicyclic) bond motifs is 1. The minimum absolute atomic E-state index is 0.343. The van der Waals surface area contributed by atoms with E-state index in [-0.39, 0.29) is 5.72 Å². The van der Waals surface area contributed by atoms with E-state index < -0.39 is 0 Å². The lowest BCUT2D eigenvalue weighted by Gasteiger charge is -2.37. The van der Waals surface area contributed by atoms with Gasteiger partial charge in [-0.05, 0) is 10.8 Å². The van der Waals surface area contributed by atoms with E-state index in [1.54, 1.807) is 7.11 Å². The van der Waals surface area contributed by atoms with Crippen LogP contribution in [0.2, 0.25) is 0 Å². The van der Waals surface area contributed by atoms with Crippen molar-refractivity contribution in [3.63, 3.8) is 0 Å². The lowest BCUT2D eigenvalue weighted by atomic mass is 9.96. The molecule has 1 fully saturated rings. The Kier molecular flexibility index (Phi) is 3.29. The topological polar surface area (TPSA) is 21.3 Å². The van der Waals surface area contributed by atoms with Crippen molar-refractivity contribution in [2.75, 3.05) is 25.2 Å². The van der Waals surface area contributed by atoms with Gasteiger partial charge in [0.1, 0.15) is 0 Å². The van der Waals surface area contributed by atoms with Crippen molar-refractivity contribution in [2.45, 2.75) is 5.72 Å². The first-order chi connectivity index (χ1) is 8.86. The fourth-order valence-corrected chi connectivity index (χ4v) is 3.64. The fraction of sp³-hybridized carbons (Fsp3) is 0.333. The van der Waals surface area contributed by atoms with E-state index in [0.29, 0.717) is 0 Å². The van der Waals surface area contributed by atoms with Crippen molar-refractivity contribution in [1.29, 1.82) is 0 Å². The lowest BCUT2D eigenvalue weighted by Crippen LogP contribution is -2.50. The van der Waals surface area contributed by atoms with Gasteiger partial charge in [-0.2, -0.15) is 11.8 Å². The average Bonchev–Trinajstić information content (AvgIpc) is 2.47. The summed E-state index contributed by atoms with van der Waals surface area (Å²) in [5.41, 5.74) is 0.902. The highest BCUT2D eigenvalue weighted by atomic mass is 32.2. The molecule has 1 aliphatic rings. The summed E-state index contributed by atoms with van der Waals surface area (Å²) in [6, 6.07) is 14.9. The van der Waals surface area contributed by atoms with Gasteiger partial charge in [0.05, 0.1) is 0 Å². The number of hydrogen-bond acceptors (Lipinski definition) is 3. The van der Waals surface area contributed by atoms with Crippen molar-refractivity contribution in [2.24, 2.45) is 0 Å². The van der Waals surface area contributed by atoms with Crippen LogP contribution in [0.4, 0.5) is 0 Å². The highest BCUT2D eigenvalue weighted by molar-refractivity contribution is 7.99. The lowest BCUT2D eigenvalue weighted by molar-refractivity contribution is -0.0235. The summed E-state index contributed by atoms with van der Waals surface area (Å²) in [4.78, 5) is 0. The Hall–Kier alpha value is -1.03. The van der Waals surface area contributed by atoms with E-state index in [9.17, 15) is 0 Å². The molecule has 1 N–H and O–H groups in total. The summed E-state index contributed by atoms with van der Waals surface area (Å²) in [6.45, 7) is 0.988. The van der Waals surface area contributed by atoms with Gasteiger partial charge in [-0.15, -0.1) is 0 Å². The van der Waals surface area contributed by atoms with E-state index in [4.69, 9.17) is 4.74 Å². The zero-order chi connectivity index (χ0) is 12.4. The minimum Gasteiger partial charge on any atom is -0.359 e. The third-order valence-electron chi connectivity index (χ3n) is 3.54. The molecule has 3 rings (SSSR count). The quantitative estimate of drug-likeness (QED) is 0.896. The molecule has 1 unspecified atom stereocenters. The van der Waals surface area contributed by atoms with Crippen LogP contribution in [-0.4, -0.2) is 25.2 Å². The molecule has 0 radical (unpaired) electrons. The molecule has 94 valence electrons. The second kappa shape index (κ2) is 4.92. The Morgan fingerprint density at radius 1 is 1.17 bits per heavy atom. The molecule has 1 saturated heterocycles. The van der Waals surface area contributed by atoms with Crippen molar-refractivity contribution < 1.29 is 4.74 Å². The van der Waals surface area contributed by atoms with Crippen molar-refractivity contribution >= 4 is 22.5 Å². The largest absolute Gasteiger partial charge is 0.359 e. The standard InChI is InChI=1S/C15H17NOS/c1-17-15(11-18-10-9-16-15)14-8-4-6-12-5-2-3-7-13(12)14/h2-8,16H,9-11H2,1H3. The Labute approximate surface area is 112 Å². The predicted octanol–water partition coefficient (Wildman–Crippen LogP) is 2.98. The number of ether oxygens (including phenoxy) is 1. The number of rotatable bonds is 2. The molecule has 18 heavy (non-hydrogen) atoms. The molecule has 2 aromatic rings. The van der Waals surface area contributed by atoms with E-state index in [1.165, 1.54) is 16.3 Å². The van der Waals surface area contributed by atoms with Gasteiger partial charge in [0, 0.05) is 30.7 Å². The van der Waals surface area contributed by atoms with Crippen LogP contribution in [0.15, 0.2) is 42.5 Å². The first-order valence-electron chi connectivity index (χ1n) is 6.22. The maximum atomic E-state index is 5.84. The molecular formula is C15H17NOS. The van der Waals surface area contributed by atoms with E-state index in [0.717, 1.165) is 18.1 Å². The Bertz CT molecular complexity index is 544. The van der Waals surface area contributed by atoms with Gasteiger partial charge in [-0.1, -0.05) is 42.5 Å². The van der Waals surface area contributed by atoms with Gasteiger partial charge in [-0.25, -0.2) is 0 Å². The molecule has 2 nitrogen and oxygen atoms in total. The highest BCUT2D eigenvalue weighted by Crippen LogP contribution is 2.34. The van der Waals surface area contributed by atoms with Crippen LogP contribution in [0.25, 0.3) is 10.8 Å². The van der Waals surface area contributed by atoms with Gasteiger partial charge in [0.15, 0.2) is 5.72 Å². The zero-order valence-corrected chi connectivity index (χ0v) is 11.3. The van der Waals surface area contributed by atoms with Gasteiger partial charge in [0.2, 0.25) is 0 Å². The molecule has 1 atom stereocenters. The van der Waals surface area contributed by atoms with Crippen LogP contribution in [-0.2, 0) is 10.5 Å². The molecule has 0 aliphatic carbocycles. The third-order valence-corrected chi connectivity index (χ3v) is 4.64. The van der Waals surface area contributed by atoms with Crippen LogP contribution in [0, 0.1) is 0 Å². The molecule has 1 heterocycles. The van der Waals surface area contributed by atoms with Gasteiger partial charge >= 0.3 is 0 Å². The van der Waals surface area contributed by atoms with Gasteiger partial charge in [0.25, 0.3) is 0 Å². The predicted molar refractivity (Wildman–Crippen MR) is 78.0 cm³/mol. The summed E-state index contributed by atoms with van der Waals surface area (Å²) in [6.07, 6.45) is 0. The second-order valence-electron chi connectivity index (χ2n) is 4.54. The average molecular weight is 259 g/mol. The summed E-state index contributed by atoms with van der Waals surface area (Å²) in [7, 11) is 1.79. The summed E-state index contributed by atoms with van der Waals surface area (Å²) >= 11 is 1.94. The number of benzene rings is 2. The van der Waals surface area contributed by atoms with Crippen LogP contribution < -0.4 is 5.32 Å². The van der Waals surface area contributed by atoms with Crippen LogP contribution in [0.5, 0.6) is 0 Å². The van der Waals surface area contributed by atoms with Crippen molar-refractivity contribution in [1.82, 2.24) is 5.32 Å². The second-order valence-corrected chi connectivity index (χ2v) is 5.64. The van der Waals surface area contributed by atoms with Crippen LogP contribution in [0.1, 0.15) is 5.56 Å². The van der Waals surface area contributed by atoms with Crippen molar-refractivity contribution in [3.05, 3.63) is 48.0 Å². The first kappa shape index (κ1) is 12.0. The third kappa shape index (κ3) is 1.92. The zero-order valence-electron chi connectivity index (χ0n) is 10.5. The molecule has 3 heteroatoms. The smallest absolute Gasteiger partial charge is 0.154 e. The summed E-state index contributed by atoms with van der Waals surface area (Å²) < 4.78 is 5.84. The number of nitrogens with one attached hydrogen (secondary N) is 1. The SMILES string of the molecule is COC1(c2cccc3ccccc23)CSCCN1. The Morgan fingerprint density at radius 2 is 2.00 bits per heavy atom. The molecule has 0 aromatic heterocycles. The number of methoxy groups -OCH3 is 1. The molecule has 0 bridgehead atoms. The van der Waals surface area contributed by atoms with Crippen LogP contribution in [0.3, 0.4) is 0 Å². The molecule has 0 amide bonds. The van der Waals surface area contributed by atoms with E-state index in [2.05, 4.69) is 47.8 Å². The molecule has 0 spiro atoms.